The van der Waals surface area contributed by atoms with Crippen molar-refractivity contribution in [1.82, 2.24) is 19.8 Å². The molecule has 1 unspecified atom stereocenters. The van der Waals surface area contributed by atoms with E-state index in [0.29, 0.717) is 12.2 Å². The normalized spacial score (nSPS) is 16.3. The monoisotopic (exact) mass is 419 g/mol. The highest BCUT2D eigenvalue weighted by atomic mass is 19.4. The zero-order chi connectivity index (χ0) is 21.3. The topological polar surface area (TPSA) is 82.4 Å². The summed E-state index contributed by atoms with van der Waals surface area (Å²) in [7, 11) is 0. The summed E-state index contributed by atoms with van der Waals surface area (Å²) in [6, 6.07) is 0.325. The third-order valence-corrected chi connectivity index (χ3v) is 4.55. The summed E-state index contributed by atoms with van der Waals surface area (Å²) in [5.41, 5.74) is 0.395. The fraction of sp³-hybridized carbons (Fsp3) is 0.412. The number of nitrogens with one attached hydrogen (secondary N) is 2. The Balaban J connectivity index is 1.70. The Hall–Kier alpha value is -2.73. The highest BCUT2D eigenvalue weighted by Crippen LogP contribution is 2.25. The summed E-state index contributed by atoms with van der Waals surface area (Å²) in [6.07, 6.45) is -4.85. The van der Waals surface area contributed by atoms with Gasteiger partial charge in [-0.3, -0.25) is 5.32 Å². The van der Waals surface area contributed by atoms with Crippen molar-refractivity contribution in [3.05, 3.63) is 47.5 Å². The number of benzene rings is 1. The van der Waals surface area contributed by atoms with Gasteiger partial charge in [0.05, 0.1) is 18.6 Å². The molecule has 158 valence electrons. The van der Waals surface area contributed by atoms with Crippen molar-refractivity contribution >= 4 is 11.7 Å². The summed E-state index contributed by atoms with van der Waals surface area (Å²) in [6.45, 7) is 1.38. The van der Waals surface area contributed by atoms with E-state index in [-0.39, 0.29) is 24.5 Å². The lowest BCUT2D eigenvalue weighted by Gasteiger charge is -2.30. The minimum Gasteiger partial charge on any atom is -0.373 e. The minimum atomic E-state index is -4.54. The molecule has 3 N–H and O–H groups in total. The van der Waals surface area contributed by atoms with Gasteiger partial charge in [0.1, 0.15) is 11.7 Å². The van der Waals surface area contributed by atoms with E-state index in [9.17, 15) is 31.9 Å². The van der Waals surface area contributed by atoms with Gasteiger partial charge in [0.15, 0.2) is 17.9 Å². The van der Waals surface area contributed by atoms with Gasteiger partial charge >= 0.3 is 12.2 Å². The number of carbonyl (C=O) groups is 1. The number of amides is 2. The number of aromatic nitrogens is 2. The Morgan fingerprint density at radius 3 is 2.62 bits per heavy atom. The number of hydrogen-bond donors (Lipinski definition) is 3. The Morgan fingerprint density at radius 2 is 1.97 bits per heavy atom. The quantitative estimate of drug-likeness (QED) is 0.526. The zero-order valence-corrected chi connectivity index (χ0v) is 15.2. The number of aliphatic hydroxyl groups is 1. The van der Waals surface area contributed by atoms with Crippen molar-refractivity contribution in [2.75, 3.05) is 11.9 Å². The molecule has 0 radical (unpaired) electrons. The lowest BCUT2D eigenvalue weighted by atomic mass is 10.2. The van der Waals surface area contributed by atoms with Crippen molar-refractivity contribution in [1.29, 1.82) is 0 Å². The lowest BCUT2D eigenvalue weighted by Crippen LogP contribution is -2.43. The van der Waals surface area contributed by atoms with Crippen molar-refractivity contribution in [2.24, 2.45) is 0 Å². The van der Waals surface area contributed by atoms with Crippen LogP contribution in [-0.2, 0) is 13.1 Å². The molecular weight excluding hydrogens is 401 g/mol. The van der Waals surface area contributed by atoms with Gasteiger partial charge in [-0.1, -0.05) is 0 Å². The molecule has 0 spiro atoms. The van der Waals surface area contributed by atoms with Crippen molar-refractivity contribution in [2.45, 2.75) is 38.5 Å². The standard InChI is InChI=1S/C17H18F5N5O2/c1-9(17(20,21)22)24-15(28)14-13-7-26(4-5-27(13)8-23-14)16(29)25-10-2-3-11(18)12(19)6-10/h2-3,6,8-9,15,24,28H,4-5,7H2,1H3,(H,25,29)/t9-,15?/m1/s1. The number of nitrogens with zero attached hydrogens (tertiary/aromatic N) is 3. The molecule has 29 heavy (non-hydrogen) atoms. The lowest BCUT2D eigenvalue weighted by molar-refractivity contribution is -0.159. The molecule has 1 aliphatic rings. The number of halogens is 5. The average Bonchev–Trinajstić information content (AvgIpc) is 3.07. The van der Waals surface area contributed by atoms with E-state index in [1.165, 1.54) is 17.3 Å². The van der Waals surface area contributed by atoms with Gasteiger partial charge in [-0.05, 0) is 19.1 Å². The number of urea groups is 1. The maximum atomic E-state index is 13.3. The molecule has 0 bridgehead atoms. The van der Waals surface area contributed by atoms with Crippen molar-refractivity contribution in [3.63, 3.8) is 0 Å². The fourth-order valence-corrected chi connectivity index (χ4v) is 2.86. The maximum Gasteiger partial charge on any atom is 0.403 e. The first-order chi connectivity index (χ1) is 13.6. The van der Waals surface area contributed by atoms with Gasteiger partial charge < -0.3 is 19.9 Å². The Labute approximate surface area is 162 Å². The summed E-state index contributed by atoms with van der Waals surface area (Å²) < 4.78 is 66.0. The van der Waals surface area contributed by atoms with E-state index < -0.39 is 36.1 Å². The fourth-order valence-electron chi connectivity index (χ4n) is 2.86. The average molecular weight is 419 g/mol. The highest BCUT2D eigenvalue weighted by molar-refractivity contribution is 5.89. The van der Waals surface area contributed by atoms with Crippen LogP contribution in [0.5, 0.6) is 0 Å². The first-order valence-electron chi connectivity index (χ1n) is 8.62. The number of anilines is 1. The Kier molecular flexibility index (Phi) is 5.75. The summed E-state index contributed by atoms with van der Waals surface area (Å²) in [5, 5.41) is 14.6. The van der Waals surface area contributed by atoms with Gasteiger partial charge in [-0.15, -0.1) is 0 Å². The van der Waals surface area contributed by atoms with E-state index in [2.05, 4.69) is 10.3 Å². The van der Waals surface area contributed by atoms with Crippen LogP contribution in [0.25, 0.3) is 0 Å². The number of carbonyl (C=O) groups excluding carboxylic acids is 1. The van der Waals surface area contributed by atoms with Crippen LogP contribution < -0.4 is 10.6 Å². The van der Waals surface area contributed by atoms with Crippen LogP contribution in [-0.4, -0.2) is 44.4 Å². The number of alkyl halides is 3. The molecule has 0 saturated carbocycles. The van der Waals surface area contributed by atoms with Crippen LogP contribution in [0.15, 0.2) is 24.5 Å². The van der Waals surface area contributed by atoms with Gasteiger partial charge in [0.2, 0.25) is 0 Å². The number of rotatable bonds is 4. The van der Waals surface area contributed by atoms with Crippen LogP contribution in [0.1, 0.15) is 24.5 Å². The molecule has 7 nitrogen and oxygen atoms in total. The molecule has 0 saturated heterocycles. The molecule has 0 aliphatic carbocycles. The van der Waals surface area contributed by atoms with Crippen LogP contribution in [0, 0.1) is 11.6 Å². The maximum absolute atomic E-state index is 13.3. The molecule has 2 aromatic rings. The van der Waals surface area contributed by atoms with Crippen molar-refractivity contribution in [3.8, 4) is 0 Å². The summed E-state index contributed by atoms with van der Waals surface area (Å²) in [5.74, 6) is -2.17. The van der Waals surface area contributed by atoms with Gasteiger partial charge in [0, 0.05) is 24.8 Å². The molecule has 2 atom stereocenters. The second-order valence-electron chi connectivity index (χ2n) is 6.58. The van der Waals surface area contributed by atoms with Crippen LogP contribution >= 0.6 is 0 Å². The Morgan fingerprint density at radius 1 is 1.24 bits per heavy atom. The predicted octanol–water partition coefficient (Wildman–Crippen LogP) is 2.74. The molecule has 2 heterocycles. The van der Waals surface area contributed by atoms with E-state index in [0.717, 1.165) is 19.1 Å². The van der Waals surface area contributed by atoms with Gasteiger partial charge in [0.25, 0.3) is 0 Å². The van der Waals surface area contributed by atoms with Crippen LogP contribution in [0.3, 0.4) is 0 Å². The van der Waals surface area contributed by atoms with E-state index >= 15 is 0 Å². The molecule has 0 fully saturated rings. The van der Waals surface area contributed by atoms with Gasteiger partial charge in [-0.25, -0.2) is 18.6 Å². The van der Waals surface area contributed by atoms with E-state index in [4.69, 9.17) is 0 Å². The molecule has 3 rings (SSSR count). The third kappa shape index (κ3) is 4.65. The number of imidazole rings is 1. The number of hydrogen-bond acceptors (Lipinski definition) is 4. The molecule has 1 aliphatic heterocycles. The highest BCUT2D eigenvalue weighted by Gasteiger charge is 2.38. The minimum absolute atomic E-state index is 0.0218. The number of fused-ring (bicyclic) bond motifs is 1. The predicted molar refractivity (Wildman–Crippen MR) is 91.6 cm³/mol. The number of aliphatic hydroxyl groups excluding tert-OH is 1. The smallest absolute Gasteiger partial charge is 0.373 e. The SMILES string of the molecule is C[C@@H](NC(O)c1ncn2c1CN(C(=O)Nc1ccc(F)c(F)c1)CC2)C(F)(F)F. The van der Waals surface area contributed by atoms with Gasteiger partial charge in [-0.2, -0.15) is 13.2 Å². The molecular formula is C17H18F5N5O2. The van der Waals surface area contributed by atoms with Crippen LogP contribution in [0.4, 0.5) is 32.4 Å². The van der Waals surface area contributed by atoms with Crippen LogP contribution in [0.2, 0.25) is 0 Å². The second-order valence-corrected chi connectivity index (χ2v) is 6.58. The molecule has 1 aromatic carbocycles. The molecule has 2 amide bonds. The summed E-state index contributed by atoms with van der Waals surface area (Å²) >= 11 is 0. The third-order valence-electron chi connectivity index (χ3n) is 4.55. The first kappa shape index (κ1) is 21.0. The molecule has 1 aromatic heterocycles. The second kappa shape index (κ2) is 7.95. The van der Waals surface area contributed by atoms with E-state index in [1.54, 1.807) is 4.57 Å². The Bertz CT molecular complexity index is 901. The first-order valence-corrected chi connectivity index (χ1v) is 8.62. The summed E-state index contributed by atoms with van der Waals surface area (Å²) in [4.78, 5) is 17.7. The van der Waals surface area contributed by atoms with E-state index in [1.807, 2.05) is 5.32 Å². The largest absolute Gasteiger partial charge is 0.403 e. The van der Waals surface area contributed by atoms with Crippen molar-refractivity contribution < 1.29 is 31.9 Å². The zero-order valence-electron chi connectivity index (χ0n) is 15.2. The molecule has 12 heteroatoms.